The third-order valence-electron chi connectivity index (χ3n) is 3.16. The molecule has 0 amide bonds. The van der Waals surface area contributed by atoms with E-state index in [1.807, 2.05) is 11.8 Å². The average Bonchev–Trinajstić information content (AvgIpc) is 2.18. The van der Waals surface area contributed by atoms with Gasteiger partial charge >= 0.3 is 0 Å². The van der Waals surface area contributed by atoms with E-state index < -0.39 is 0 Å². The van der Waals surface area contributed by atoms with Gasteiger partial charge in [-0.1, -0.05) is 13.8 Å². The Balaban J connectivity index is 2.04. The Hall–Kier alpha value is 0.310. The van der Waals surface area contributed by atoms with Gasteiger partial charge in [-0.05, 0) is 50.8 Å². The zero-order valence-electron chi connectivity index (χ0n) is 9.88. The van der Waals surface area contributed by atoms with Crippen LogP contribution in [-0.2, 0) is 0 Å². The fourth-order valence-electron chi connectivity index (χ4n) is 2.08. The van der Waals surface area contributed by atoms with Crippen molar-refractivity contribution in [3.05, 3.63) is 0 Å². The van der Waals surface area contributed by atoms with Gasteiger partial charge in [0, 0.05) is 11.3 Å². The molecule has 0 aromatic heterocycles. The van der Waals surface area contributed by atoms with Gasteiger partial charge in [-0.2, -0.15) is 11.8 Å². The van der Waals surface area contributed by atoms with Crippen LogP contribution in [0.1, 0.15) is 46.0 Å². The lowest BCUT2D eigenvalue weighted by atomic mass is 9.95. The Morgan fingerprint density at radius 2 is 1.86 bits per heavy atom. The van der Waals surface area contributed by atoms with Crippen LogP contribution in [-0.4, -0.2) is 24.1 Å². The Bertz CT molecular complexity index is 139. The van der Waals surface area contributed by atoms with Crippen LogP contribution < -0.4 is 5.32 Å². The molecule has 1 rings (SSSR count). The van der Waals surface area contributed by atoms with Crippen molar-refractivity contribution in [1.29, 1.82) is 0 Å². The molecule has 0 radical (unpaired) electrons. The van der Waals surface area contributed by atoms with Crippen LogP contribution in [0.2, 0.25) is 0 Å². The van der Waals surface area contributed by atoms with E-state index >= 15 is 0 Å². The standard InChI is InChI=1S/C12H25NS/c1-10(2)8-9-13-11-4-6-12(14-3)7-5-11/h10-13H,4-9H2,1-3H3. The molecule has 0 aromatic rings. The topological polar surface area (TPSA) is 12.0 Å². The predicted molar refractivity (Wildman–Crippen MR) is 67.0 cm³/mol. The molecule has 1 aliphatic rings. The average molecular weight is 215 g/mol. The summed E-state index contributed by atoms with van der Waals surface area (Å²) in [6.07, 6.45) is 9.19. The molecule has 1 N–H and O–H groups in total. The van der Waals surface area contributed by atoms with Crippen LogP contribution in [0.15, 0.2) is 0 Å². The summed E-state index contributed by atoms with van der Waals surface area (Å²) in [5.74, 6) is 0.838. The third kappa shape index (κ3) is 4.70. The van der Waals surface area contributed by atoms with E-state index in [-0.39, 0.29) is 0 Å². The van der Waals surface area contributed by atoms with Crippen LogP contribution in [0.25, 0.3) is 0 Å². The van der Waals surface area contributed by atoms with Crippen LogP contribution in [0.3, 0.4) is 0 Å². The molecule has 14 heavy (non-hydrogen) atoms. The van der Waals surface area contributed by atoms with E-state index in [1.54, 1.807) is 0 Å². The Kier molecular flexibility index (Phi) is 5.95. The van der Waals surface area contributed by atoms with E-state index in [9.17, 15) is 0 Å². The van der Waals surface area contributed by atoms with Crippen molar-refractivity contribution in [2.75, 3.05) is 12.8 Å². The van der Waals surface area contributed by atoms with Crippen molar-refractivity contribution in [1.82, 2.24) is 5.32 Å². The van der Waals surface area contributed by atoms with Crippen molar-refractivity contribution in [2.24, 2.45) is 5.92 Å². The van der Waals surface area contributed by atoms with Gasteiger partial charge in [-0.3, -0.25) is 0 Å². The Morgan fingerprint density at radius 1 is 1.21 bits per heavy atom. The molecule has 1 aliphatic carbocycles. The van der Waals surface area contributed by atoms with Gasteiger partial charge in [0.05, 0.1) is 0 Å². The van der Waals surface area contributed by atoms with Crippen LogP contribution in [0.4, 0.5) is 0 Å². The van der Waals surface area contributed by atoms with Gasteiger partial charge in [0.1, 0.15) is 0 Å². The summed E-state index contributed by atoms with van der Waals surface area (Å²) >= 11 is 2.05. The summed E-state index contributed by atoms with van der Waals surface area (Å²) in [5.41, 5.74) is 0. The monoisotopic (exact) mass is 215 g/mol. The highest BCUT2D eigenvalue weighted by Gasteiger charge is 2.19. The first-order chi connectivity index (χ1) is 6.72. The van der Waals surface area contributed by atoms with E-state index in [1.165, 1.54) is 38.6 Å². The first-order valence-electron chi connectivity index (χ1n) is 5.98. The third-order valence-corrected chi connectivity index (χ3v) is 4.30. The minimum absolute atomic E-state index is 0.817. The summed E-state index contributed by atoms with van der Waals surface area (Å²) < 4.78 is 0. The number of hydrogen-bond acceptors (Lipinski definition) is 2. The molecular formula is C12H25NS. The molecule has 0 atom stereocenters. The zero-order chi connectivity index (χ0) is 10.4. The number of thioether (sulfide) groups is 1. The van der Waals surface area contributed by atoms with Crippen molar-refractivity contribution in [2.45, 2.75) is 57.2 Å². The fraction of sp³-hybridized carbons (Fsp3) is 1.00. The molecule has 1 fully saturated rings. The normalized spacial score (nSPS) is 28.3. The molecular weight excluding hydrogens is 190 g/mol. The second-order valence-electron chi connectivity index (χ2n) is 4.85. The largest absolute Gasteiger partial charge is 0.314 e. The molecule has 0 bridgehead atoms. The maximum absolute atomic E-state index is 3.69. The maximum Gasteiger partial charge on any atom is 0.00678 e. The molecule has 1 nitrogen and oxygen atoms in total. The zero-order valence-corrected chi connectivity index (χ0v) is 10.7. The van der Waals surface area contributed by atoms with Gasteiger partial charge < -0.3 is 5.32 Å². The van der Waals surface area contributed by atoms with E-state index in [2.05, 4.69) is 25.4 Å². The van der Waals surface area contributed by atoms with E-state index in [0.717, 1.165) is 17.2 Å². The molecule has 0 spiro atoms. The van der Waals surface area contributed by atoms with Crippen molar-refractivity contribution in [3.63, 3.8) is 0 Å². The minimum atomic E-state index is 0.817. The predicted octanol–water partition coefficient (Wildman–Crippen LogP) is 3.30. The molecule has 0 aromatic carbocycles. The van der Waals surface area contributed by atoms with Gasteiger partial charge in [-0.15, -0.1) is 0 Å². The highest BCUT2D eigenvalue weighted by Crippen LogP contribution is 2.26. The molecule has 84 valence electrons. The SMILES string of the molecule is CSC1CCC(NCCC(C)C)CC1. The molecule has 0 saturated heterocycles. The van der Waals surface area contributed by atoms with Gasteiger partial charge in [0.15, 0.2) is 0 Å². The molecule has 1 saturated carbocycles. The number of rotatable bonds is 5. The van der Waals surface area contributed by atoms with Gasteiger partial charge in [0.2, 0.25) is 0 Å². The van der Waals surface area contributed by atoms with Crippen LogP contribution in [0, 0.1) is 5.92 Å². The first kappa shape index (κ1) is 12.4. The summed E-state index contributed by atoms with van der Waals surface area (Å²) in [6.45, 7) is 5.81. The van der Waals surface area contributed by atoms with Crippen LogP contribution >= 0.6 is 11.8 Å². The lowest BCUT2D eigenvalue weighted by molar-refractivity contribution is 0.369. The summed E-state index contributed by atoms with van der Waals surface area (Å²) in [6, 6.07) is 0.817. The smallest absolute Gasteiger partial charge is 0.00678 e. The quantitative estimate of drug-likeness (QED) is 0.755. The molecule has 2 heteroatoms. The second kappa shape index (κ2) is 6.73. The fourth-order valence-corrected chi connectivity index (χ4v) is 2.82. The Labute approximate surface area is 93.4 Å². The van der Waals surface area contributed by atoms with E-state index in [0.29, 0.717) is 0 Å². The number of hydrogen-bond donors (Lipinski definition) is 1. The maximum atomic E-state index is 3.69. The Morgan fingerprint density at radius 3 is 2.36 bits per heavy atom. The van der Waals surface area contributed by atoms with Crippen molar-refractivity contribution >= 4 is 11.8 Å². The second-order valence-corrected chi connectivity index (χ2v) is 5.98. The van der Waals surface area contributed by atoms with Crippen molar-refractivity contribution in [3.8, 4) is 0 Å². The minimum Gasteiger partial charge on any atom is -0.314 e. The summed E-state index contributed by atoms with van der Waals surface area (Å²) in [7, 11) is 0. The van der Waals surface area contributed by atoms with Crippen molar-refractivity contribution < 1.29 is 0 Å². The number of nitrogens with one attached hydrogen (secondary N) is 1. The van der Waals surface area contributed by atoms with Crippen LogP contribution in [0.5, 0.6) is 0 Å². The van der Waals surface area contributed by atoms with Gasteiger partial charge in [-0.25, -0.2) is 0 Å². The molecule has 0 heterocycles. The summed E-state index contributed by atoms with van der Waals surface area (Å²) in [4.78, 5) is 0. The summed E-state index contributed by atoms with van der Waals surface area (Å²) in [5, 5.41) is 4.63. The highest BCUT2D eigenvalue weighted by molar-refractivity contribution is 7.99. The van der Waals surface area contributed by atoms with E-state index in [4.69, 9.17) is 0 Å². The highest BCUT2D eigenvalue weighted by atomic mass is 32.2. The molecule has 0 unspecified atom stereocenters. The lowest BCUT2D eigenvalue weighted by Gasteiger charge is -2.28. The lowest BCUT2D eigenvalue weighted by Crippen LogP contribution is -2.34. The molecule has 0 aliphatic heterocycles. The van der Waals surface area contributed by atoms with Gasteiger partial charge in [0.25, 0.3) is 0 Å². The first-order valence-corrected chi connectivity index (χ1v) is 7.27.